The quantitative estimate of drug-likeness (QED) is 0.557. The maximum atomic E-state index is 11.5. The zero-order valence-electron chi connectivity index (χ0n) is 8.59. The Kier molecular flexibility index (Phi) is 2.06. The Balaban J connectivity index is 1.89. The highest BCUT2D eigenvalue weighted by Gasteiger charge is 2.35. The second-order valence-corrected chi connectivity index (χ2v) is 3.93. The van der Waals surface area contributed by atoms with Gasteiger partial charge in [-0.05, 0) is 30.5 Å². The number of pyridine rings is 1. The molecule has 1 fully saturated rings. The van der Waals surface area contributed by atoms with Gasteiger partial charge in [0.1, 0.15) is 0 Å². The fourth-order valence-electron chi connectivity index (χ4n) is 1.55. The van der Waals surface area contributed by atoms with Crippen LogP contribution in [0.25, 0.3) is 6.08 Å². The minimum atomic E-state index is -0.356. The van der Waals surface area contributed by atoms with Gasteiger partial charge in [0.2, 0.25) is 5.90 Å². The number of ether oxygens (including phenoxy) is 1. The van der Waals surface area contributed by atoms with E-state index in [4.69, 9.17) is 4.74 Å². The summed E-state index contributed by atoms with van der Waals surface area (Å²) in [5.41, 5.74) is 1.23. The molecular weight excluding hydrogens is 204 g/mol. The van der Waals surface area contributed by atoms with E-state index in [0.29, 0.717) is 17.5 Å². The zero-order chi connectivity index (χ0) is 11.0. The molecule has 0 unspecified atom stereocenters. The molecule has 0 saturated heterocycles. The van der Waals surface area contributed by atoms with Gasteiger partial charge in [0.05, 0.1) is 0 Å². The van der Waals surface area contributed by atoms with Crippen LogP contribution in [-0.4, -0.2) is 16.9 Å². The topological polar surface area (TPSA) is 51.5 Å². The van der Waals surface area contributed by atoms with E-state index in [-0.39, 0.29) is 5.97 Å². The third-order valence-corrected chi connectivity index (χ3v) is 2.55. The van der Waals surface area contributed by atoms with E-state index in [1.54, 1.807) is 18.5 Å². The lowest BCUT2D eigenvalue weighted by atomic mass is 10.2. The van der Waals surface area contributed by atoms with Gasteiger partial charge in [0.25, 0.3) is 0 Å². The number of hydrogen-bond donors (Lipinski definition) is 0. The highest BCUT2D eigenvalue weighted by Crippen LogP contribution is 2.34. The first-order valence-electron chi connectivity index (χ1n) is 5.25. The maximum absolute atomic E-state index is 11.5. The van der Waals surface area contributed by atoms with Crippen molar-refractivity contribution in [3.05, 3.63) is 35.8 Å². The second-order valence-electron chi connectivity index (χ2n) is 3.93. The Bertz CT molecular complexity index is 487. The van der Waals surface area contributed by atoms with Gasteiger partial charge in [-0.1, -0.05) is 6.07 Å². The normalized spacial score (nSPS) is 22.1. The molecule has 80 valence electrons. The average molecular weight is 214 g/mol. The van der Waals surface area contributed by atoms with Gasteiger partial charge in [0, 0.05) is 18.3 Å². The third kappa shape index (κ3) is 1.74. The first kappa shape index (κ1) is 9.27. The molecule has 4 nitrogen and oxygen atoms in total. The lowest BCUT2D eigenvalue weighted by Crippen LogP contribution is -2.05. The molecule has 4 heteroatoms. The minimum absolute atomic E-state index is 0.356. The van der Waals surface area contributed by atoms with Gasteiger partial charge in [-0.3, -0.25) is 4.98 Å². The average Bonchev–Trinajstić information content (AvgIpc) is 3.07. The van der Waals surface area contributed by atoms with Gasteiger partial charge in [-0.15, -0.1) is 0 Å². The van der Waals surface area contributed by atoms with E-state index in [0.717, 1.165) is 18.4 Å². The largest absolute Gasteiger partial charge is 0.406 e. The van der Waals surface area contributed by atoms with Crippen molar-refractivity contribution < 1.29 is 9.53 Å². The van der Waals surface area contributed by atoms with Crippen LogP contribution in [0.2, 0.25) is 0 Å². The van der Waals surface area contributed by atoms with Crippen LogP contribution in [0.4, 0.5) is 0 Å². The Labute approximate surface area is 92.7 Å². The highest BCUT2D eigenvalue weighted by atomic mass is 16.6. The van der Waals surface area contributed by atoms with Crippen molar-refractivity contribution >= 4 is 17.9 Å². The number of carbonyl (C=O) groups is 1. The number of aromatic nitrogens is 1. The lowest BCUT2D eigenvalue weighted by molar-refractivity contribution is -0.130. The summed E-state index contributed by atoms with van der Waals surface area (Å²) in [7, 11) is 0. The van der Waals surface area contributed by atoms with Crippen molar-refractivity contribution in [1.82, 2.24) is 4.98 Å². The van der Waals surface area contributed by atoms with Crippen LogP contribution >= 0.6 is 0 Å². The van der Waals surface area contributed by atoms with Gasteiger partial charge in [-0.25, -0.2) is 9.79 Å². The standard InChI is InChI=1S/C12H10N2O2/c15-12-10(6-8-2-1-5-13-7-8)14-11(16-12)9-3-4-9/h1-2,5-7,9H,3-4H2/b10-6+. The molecule has 0 aromatic carbocycles. The Morgan fingerprint density at radius 3 is 3.00 bits per heavy atom. The zero-order valence-corrected chi connectivity index (χ0v) is 8.59. The van der Waals surface area contributed by atoms with Crippen molar-refractivity contribution in [3.63, 3.8) is 0 Å². The van der Waals surface area contributed by atoms with Gasteiger partial charge < -0.3 is 4.74 Å². The van der Waals surface area contributed by atoms with Gasteiger partial charge in [-0.2, -0.15) is 0 Å². The SMILES string of the molecule is O=C1OC(C2CC2)=N/C1=C/c1cccnc1. The molecule has 16 heavy (non-hydrogen) atoms. The molecular formula is C12H10N2O2. The summed E-state index contributed by atoms with van der Waals surface area (Å²) in [5.74, 6) is 0.592. The van der Waals surface area contributed by atoms with Crippen LogP contribution in [0, 0.1) is 5.92 Å². The lowest BCUT2D eigenvalue weighted by Gasteiger charge is -1.92. The maximum Gasteiger partial charge on any atom is 0.363 e. The molecule has 1 aliphatic heterocycles. The molecule has 0 bridgehead atoms. The molecule has 0 N–H and O–H groups in total. The first-order valence-corrected chi connectivity index (χ1v) is 5.25. The number of rotatable bonds is 2. The van der Waals surface area contributed by atoms with E-state index < -0.39 is 0 Å². The fourth-order valence-corrected chi connectivity index (χ4v) is 1.55. The summed E-state index contributed by atoms with van der Waals surface area (Å²) in [6.07, 6.45) is 7.22. The summed E-state index contributed by atoms with van der Waals surface area (Å²) in [4.78, 5) is 19.7. The first-order chi connectivity index (χ1) is 7.83. The second kappa shape index (κ2) is 3.56. The Morgan fingerprint density at radius 1 is 1.44 bits per heavy atom. The van der Waals surface area contributed by atoms with Crippen molar-refractivity contribution in [2.45, 2.75) is 12.8 Å². The van der Waals surface area contributed by atoms with E-state index in [1.165, 1.54) is 0 Å². The molecule has 1 aromatic rings. The summed E-state index contributed by atoms with van der Waals surface area (Å²) in [5, 5.41) is 0. The monoisotopic (exact) mass is 214 g/mol. The van der Waals surface area contributed by atoms with E-state index >= 15 is 0 Å². The molecule has 3 rings (SSSR count). The van der Waals surface area contributed by atoms with Crippen LogP contribution in [0.5, 0.6) is 0 Å². The predicted octanol–water partition coefficient (Wildman–Crippen LogP) is 1.79. The summed E-state index contributed by atoms with van der Waals surface area (Å²) < 4.78 is 5.09. The number of cyclic esters (lactones) is 1. The van der Waals surface area contributed by atoms with Crippen LogP contribution in [0.1, 0.15) is 18.4 Å². The predicted molar refractivity (Wildman–Crippen MR) is 58.5 cm³/mol. The van der Waals surface area contributed by atoms with Crippen molar-refractivity contribution in [1.29, 1.82) is 0 Å². The highest BCUT2D eigenvalue weighted by molar-refractivity contribution is 6.08. The minimum Gasteiger partial charge on any atom is -0.406 e. The Morgan fingerprint density at radius 2 is 2.31 bits per heavy atom. The van der Waals surface area contributed by atoms with E-state index in [9.17, 15) is 4.79 Å². The third-order valence-electron chi connectivity index (χ3n) is 2.55. The smallest absolute Gasteiger partial charge is 0.363 e. The summed E-state index contributed by atoms with van der Waals surface area (Å²) in [6, 6.07) is 3.69. The van der Waals surface area contributed by atoms with E-state index in [1.807, 2.05) is 12.1 Å². The van der Waals surface area contributed by atoms with Gasteiger partial charge in [0.15, 0.2) is 5.70 Å². The molecule has 0 atom stereocenters. The summed E-state index contributed by atoms with van der Waals surface area (Å²) >= 11 is 0. The Hall–Kier alpha value is -1.97. The number of aliphatic imine (C=N–C) groups is 1. The van der Waals surface area contributed by atoms with Crippen LogP contribution in [0.3, 0.4) is 0 Å². The van der Waals surface area contributed by atoms with Crippen molar-refractivity contribution in [3.8, 4) is 0 Å². The number of hydrogen-bond acceptors (Lipinski definition) is 4. The van der Waals surface area contributed by atoms with Crippen LogP contribution < -0.4 is 0 Å². The van der Waals surface area contributed by atoms with Crippen LogP contribution in [0.15, 0.2) is 35.2 Å². The molecule has 1 saturated carbocycles. The van der Waals surface area contributed by atoms with E-state index in [2.05, 4.69) is 9.98 Å². The van der Waals surface area contributed by atoms with Crippen LogP contribution in [-0.2, 0) is 9.53 Å². The molecule has 1 aliphatic carbocycles. The summed E-state index contributed by atoms with van der Waals surface area (Å²) in [6.45, 7) is 0. The van der Waals surface area contributed by atoms with Crippen molar-refractivity contribution in [2.24, 2.45) is 10.9 Å². The molecule has 0 radical (unpaired) electrons. The molecule has 0 spiro atoms. The number of nitrogens with zero attached hydrogens (tertiary/aromatic N) is 2. The number of esters is 1. The fraction of sp³-hybridized carbons (Fsp3) is 0.250. The van der Waals surface area contributed by atoms with Gasteiger partial charge >= 0.3 is 5.97 Å². The molecule has 2 heterocycles. The molecule has 0 amide bonds. The molecule has 1 aromatic heterocycles. The number of carbonyl (C=O) groups excluding carboxylic acids is 1. The molecule has 2 aliphatic rings. The van der Waals surface area contributed by atoms with Crippen molar-refractivity contribution in [2.75, 3.05) is 0 Å².